The summed E-state index contributed by atoms with van der Waals surface area (Å²) in [5, 5.41) is 8.33. The van der Waals surface area contributed by atoms with Gasteiger partial charge in [-0.05, 0) is 13.8 Å². The Morgan fingerprint density at radius 2 is 1.82 bits per heavy atom. The summed E-state index contributed by atoms with van der Waals surface area (Å²) in [5.41, 5.74) is -1.66. The standard InChI is InChI=1S/C5H9F3O2Si/c1-5(2,4(9)10)3-11(6,7)8/h3H2,1-2H3,(H,9,10). The summed E-state index contributed by atoms with van der Waals surface area (Å²) < 4.78 is 35.4. The van der Waals surface area contributed by atoms with Crippen molar-refractivity contribution in [1.82, 2.24) is 0 Å². The highest BCUT2D eigenvalue weighted by Gasteiger charge is 2.46. The fourth-order valence-electron chi connectivity index (χ4n) is 0.577. The van der Waals surface area contributed by atoms with E-state index in [9.17, 15) is 17.1 Å². The van der Waals surface area contributed by atoms with Crippen LogP contribution in [0.15, 0.2) is 0 Å². The molecule has 11 heavy (non-hydrogen) atoms. The summed E-state index contributed by atoms with van der Waals surface area (Å²) in [6, 6.07) is -1.16. The van der Waals surface area contributed by atoms with Crippen molar-refractivity contribution in [1.29, 1.82) is 0 Å². The van der Waals surface area contributed by atoms with Gasteiger partial charge in [-0.3, -0.25) is 4.79 Å². The van der Waals surface area contributed by atoms with Crippen molar-refractivity contribution >= 4 is 15.0 Å². The van der Waals surface area contributed by atoms with Crippen LogP contribution in [-0.4, -0.2) is 20.2 Å². The summed E-state index contributed by atoms with van der Waals surface area (Å²) in [6.07, 6.45) is 0. The number of hydrogen-bond acceptors (Lipinski definition) is 1. The maximum Gasteiger partial charge on any atom is 0.617 e. The first-order chi connectivity index (χ1) is 4.65. The van der Waals surface area contributed by atoms with Crippen molar-refractivity contribution in [3.8, 4) is 0 Å². The summed E-state index contributed by atoms with van der Waals surface area (Å²) in [4.78, 5) is 10.2. The van der Waals surface area contributed by atoms with Gasteiger partial charge in [0.05, 0.1) is 5.41 Å². The molecule has 0 aliphatic rings. The van der Waals surface area contributed by atoms with Crippen LogP contribution >= 0.6 is 0 Å². The fraction of sp³-hybridized carbons (Fsp3) is 0.800. The Labute approximate surface area is 63.6 Å². The number of rotatable bonds is 3. The molecule has 2 nitrogen and oxygen atoms in total. The number of aliphatic carboxylic acids is 1. The first kappa shape index (κ1) is 10.5. The van der Waals surface area contributed by atoms with E-state index in [1.807, 2.05) is 0 Å². The van der Waals surface area contributed by atoms with Gasteiger partial charge < -0.3 is 5.11 Å². The largest absolute Gasteiger partial charge is 0.617 e. The van der Waals surface area contributed by atoms with Gasteiger partial charge in [-0.2, -0.15) is 0 Å². The minimum atomic E-state index is -5.74. The molecule has 0 aromatic carbocycles. The van der Waals surface area contributed by atoms with Gasteiger partial charge in [0.15, 0.2) is 0 Å². The molecule has 0 amide bonds. The summed E-state index contributed by atoms with van der Waals surface area (Å²) >= 11 is 0. The Kier molecular flexibility index (Phi) is 2.71. The first-order valence-corrected chi connectivity index (χ1v) is 4.79. The fourth-order valence-corrected chi connectivity index (χ4v) is 1.73. The number of carbonyl (C=O) groups is 1. The predicted molar refractivity (Wildman–Crippen MR) is 35.3 cm³/mol. The molecule has 0 radical (unpaired) electrons. The van der Waals surface area contributed by atoms with Crippen molar-refractivity contribution in [2.24, 2.45) is 5.41 Å². The topological polar surface area (TPSA) is 37.3 Å². The van der Waals surface area contributed by atoms with E-state index in [0.717, 1.165) is 13.8 Å². The van der Waals surface area contributed by atoms with Crippen LogP contribution in [0.1, 0.15) is 13.8 Å². The molecule has 0 bridgehead atoms. The molecule has 6 heteroatoms. The number of carboxylic acid groups (broad SMARTS) is 1. The summed E-state index contributed by atoms with van der Waals surface area (Å²) in [6.45, 7) is 2.16. The monoisotopic (exact) mass is 186 g/mol. The molecule has 0 saturated carbocycles. The Hall–Kier alpha value is -0.523. The van der Waals surface area contributed by atoms with Gasteiger partial charge in [-0.15, -0.1) is 0 Å². The molecule has 0 fully saturated rings. The van der Waals surface area contributed by atoms with Gasteiger partial charge in [0.2, 0.25) is 0 Å². The average Bonchev–Trinajstić information content (AvgIpc) is 1.56. The minimum absolute atomic E-state index is 1.08. The van der Waals surface area contributed by atoms with Crippen LogP contribution in [0.3, 0.4) is 0 Å². The van der Waals surface area contributed by atoms with E-state index in [2.05, 4.69) is 0 Å². The summed E-state index contributed by atoms with van der Waals surface area (Å²) in [7, 11) is -5.74. The average molecular weight is 186 g/mol. The van der Waals surface area contributed by atoms with Crippen molar-refractivity contribution in [3.63, 3.8) is 0 Å². The lowest BCUT2D eigenvalue weighted by atomic mass is 9.97. The molecule has 0 aliphatic carbocycles. The van der Waals surface area contributed by atoms with E-state index in [1.165, 1.54) is 0 Å². The lowest BCUT2D eigenvalue weighted by Crippen LogP contribution is -2.32. The van der Waals surface area contributed by atoms with Crippen molar-refractivity contribution in [3.05, 3.63) is 0 Å². The SMILES string of the molecule is CC(C)(C[Si](F)(F)F)C(=O)O. The van der Waals surface area contributed by atoms with E-state index < -0.39 is 26.5 Å². The lowest BCUT2D eigenvalue weighted by Gasteiger charge is -2.18. The molecule has 1 N–H and O–H groups in total. The van der Waals surface area contributed by atoms with Gasteiger partial charge in [-0.25, -0.2) is 12.3 Å². The van der Waals surface area contributed by atoms with Crippen LogP contribution in [0.2, 0.25) is 6.04 Å². The quantitative estimate of drug-likeness (QED) is 0.540. The molecular weight excluding hydrogens is 177 g/mol. The third-order valence-electron chi connectivity index (χ3n) is 1.22. The summed E-state index contributed by atoms with van der Waals surface area (Å²) in [5.74, 6) is -1.40. The second-order valence-corrected chi connectivity index (χ2v) is 4.56. The zero-order chi connectivity index (χ0) is 9.28. The van der Waals surface area contributed by atoms with Crippen LogP contribution in [0, 0.1) is 5.41 Å². The van der Waals surface area contributed by atoms with Crippen molar-refractivity contribution in [2.45, 2.75) is 19.9 Å². The van der Waals surface area contributed by atoms with E-state index in [1.54, 1.807) is 0 Å². The van der Waals surface area contributed by atoms with Crippen LogP contribution < -0.4 is 0 Å². The van der Waals surface area contributed by atoms with Gasteiger partial charge in [0.25, 0.3) is 0 Å². The zero-order valence-electron chi connectivity index (χ0n) is 6.20. The molecule has 0 spiro atoms. The highest BCUT2D eigenvalue weighted by Crippen LogP contribution is 2.30. The smallest absolute Gasteiger partial charge is 0.481 e. The van der Waals surface area contributed by atoms with E-state index in [-0.39, 0.29) is 0 Å². The van der Waals surface area contributed by atoms with Gasteiger partial charge in [0.1, 0.15) is 0 Å². The van der Waals surface area contributed by atoms with Crippen LogP contribution in [0.25, 0.3) is 0 Å². The molecule has 0 rings (SSSR count). The molecule has 0 aromatic rings. The van der Waals surface area contributed by atoms with Crippen LogP contribution in [-0.2, 0) is 4.79 Å². The lowest BCUT2D eigenvalue weighted by molar-refractivity contribution is -0.146. The molecular formula is C5H9F3O2Si. The predicted octanol–water partition coefficient (Wildman–Crippen LogP) is 1.94. The van der Waals surface area contributed by atoms with Gasteiger partial charge in [-0.1, -0.05) is 0 Å². The van der Waals surface area contributed by atoms with E-state index in [0.29, 0.717) is 0 Å². The number of carboxylic acids is 1. The highest BCUT2D eigenvalue weighted by atomic mass is 28.5. The highest BCUT2D eigenvalue weighted by molar-refractivity contribution is 6.58. The third-order valence-corrected chi connectivity index (χ3v) is 2.51. The second-order valence-electron chi connectivity index (χ2n) is 2.98. The zero-order valence-corrected chi connectivity index (χ0v) is 7.20. The molecule has 0 heterocycles. The molecule has 0 saturated heterocycles. The maximum absolute atomic E-state index is 11.8. The van der Waals surface area contributed by atoms with Gasteiger partial charge >= 0.3 is 15.0 Å². The maximum atomic E-state index is 11.8. The number of hydrogen-bond donors (Lipinski definition) is 1. The molecule has 0 atom stereocenters. The molecule has 0 unspecified atom stereocenters. The van der Waals surface area contributed by atoms with Crippen molar-refractivity contribution in [2.75, 3.05) is 0 Å². The normalized spacial score (nSPS) is 13.2. The Balaban J connectivity index is 4.25. The van der Waals surface area contributed by atoms with Crippen LogP contribution in [0.5, 0.6) is 0 Å². The minimum Gasteiger partial charge on any atom is -0.481 e. The van der Waals surface area contributed by atoms with E-state index >= 15 is 0 Å². The molecule has 66 valence electrons. The number of halogens is 3. The Morgan fingerprint density at radius 1 is 1.45 bits per heavy atom. The van der Waals surface area contributed by atoms with Crippen molar-refractivity contribution < 1.29 is 22.2 Å². The van der Waals surface area contributed by atoms with E-state index in [4.69, 9.17) is 5.11 Å². The Morgan fingerprint density at radius 3 is 1.91 bits per heavy atom. The second kappa shape index (κ2) is 2.84. The Bertz CT molecular complexity index is 164. The third kappa shape index (κ3) is 4.02. The van der Waals surface area contributed by atoms with Gasteiger partial charge in [0, 0.05) is 6.04 Å². The first-order valence-electron chi connectivity index (χ1n) is 2.95. The van der Waals surface area contributed by atoms with Crippen LogP contribution in [0.4, 0.5) is 12.3 Å². The molecule has 0 aliphatic heterocycles. The molecule has 0 aromatic heterocycles.